The van der Waals surface area contributed by atoms with E-state index in [1.165, 1.54) is 70.8 Å². The summed E-state index contributed by atoms with van der Waals surface area (Å²) in [5, 5.41) is 3.77. The van der Waals surface area contributed by atoms with Crippen LogP contribution in [-0.4, -0.2) is 12.6 Å². The molecule has 2 aliphatic carbocycles. The van der Waals surface area contributed by atoms with Crippen LogP contribution in [0.2, 0.25) is 0 Å². The van der Waals surface area contributed by atoms with E-state index in [1.54, 1.807) is 0 Å². The first-order chi connectivity index (χ1) is 10.1. The summed E-state index contributed by atoms with van der Waals surface area (Å²) < 4.78 is 0. The van der Waals surface area contributed by atoms with Gasteiger partial charge in [0.25, 0.3) is 0 Å². The fourth-order valence-electron chi connectivity index (χ4n) is 5.11. The van der Waals surface area contributed by atoms with Gasteiger partial charge in [0, 0.05) is 18.0 Å². The molecule has 21 heavy (non-hydrogen) atoms. The minimum absolute atomic E-state index is 0.509. The lowest BCUT2D eigenvalue weighted by molar-refractivity contribution is -0.0315. The maximum atomic E-state index is 3.77. The number of allylic oxidation sites excluding steroid dienone is 1. The molecule has 0 radical (unpaired) electrons. The molecule has 1 heteroatoms. The molecule has 0 spiro atoms. The highest BCUT2D eigenvalue weighted by Gasteiger charge is 2.54. The predicted octanol–water partition coefficient (Wildman–Crippen LogP) is 5.85. The second kappa shape index (κ2) is 7.31. The average molecular weight is 292 g/mol. The zero-order valence-corrected chi connectivity index (χ0v) is 14.9. The molecule has 2 aliphatic rings. The Kier molecular flexibility index (Phi) is 5.94. The smallest absolute Gasteiger partial charge is 0.00480 e. The molecule has 0 aromatic heterocycles. The molecule has 0 aliphatic heterocycles. The zero-order chi connectivity index (χ0) is 15.3. The molecular formula is C20H37N. The van der Waals surface area contributed by atoms with E-state index in [4.69, 9.17) is 0 Å². The molecule has 0 aromatic carbocycles. The number of hydrogen-bond donors (Lipinski definition) is 1. The van der Waals surface area contributed by atoms with Crippen LogP contribution in [0.4, 0.5) is 0 Å². The summed E-state index contributed by atoms with van der Waals surface area (Å²) in [5.41, 5.74) is 2.99. The summed E-state index contributed by atoms with van der Waals surface area (Å²) in [4.78, 5) is 0. The van der Waals surface area contributed by atoms with Crippen molar-refractivity contribution in [2.45, 2.75) is 97.9 Å². The van der Waals surface area contributed by atoms with Gasteiger partial charge < -0.3 is 5.32 Å². The lowest BCUT2D eigenvalue weighted by atomic mass is 9.47. The molecule has 1 nitrogen and oxygen atoms in total. The Morgan fingerprint density at radius 3 is 2.24 bits per heavy atom. The highest BCUT2D eigenvalue weighted by Crippen LogP contribution is 2.63. The van der Waals surface area contributed by atoms with Gasteiger partial charge in [0.15, 0.2) is 0 Å². The molecule has 1 saturated carbocycles. The molecule has 0 atom stereocenters. The van der Waals surface area contributed by atoms with Crippen molar-refractivity contribution < 1.29 is 0 Å². The standard InChI is InChI=1S/C20H37N/c1-5-12-19(13-6-2)14-20(15-19,16-21-17(3)4)18-10-8-7-9-11-18/h10,17,21H,5-9,11-16H2,1-4H3. The van der Waals surface area contributed by atoms with Crippen molar-refractivity contribution >= 4 is 0 Å². The van der Waals surface area contributed by atoms with Crippen molar-refractivity contribution in [3.05, 3.63) is 11.6 Å². The third-order valence-corrected chi connectivity index (χ3v) is 5.81. The molecule has 122 valence electrons. The van der Waals surface area contributed by atoms with Gasteiger partial charge in [-0.25, -0.2) is 0 Å². The van der Waals surface area contributed by atoms with Crippen molar-refractivity contribution in [3.8, 4) is 0 Å². The molecule has 1 N–H and O–H groups in total. The van der Waals surface area contributed by atoms with E-state index in [0.29, 0.717) is 16.9 Å². The van der Waals surface area contributed by atoms with Gasteiger partial charge in [0.05, 0.1) is 0 Å². The monoisotopic (exact) mass is 291 g/mol. The Morgan fingerprint density at radius 1 is 1.10 bits per heavy atom. The van der Waals surface area contributed by atoms with Crippen LogP contribution >= 0.6 is 0 Å². The van der Waals surface area contributed by atoms with Crippen LogP contribution in [0.5, 0.6) is 0 Å². The summed E-state index contributed by atoms with van der Waals surface area (Å²) in [6.45, 7) is 10.5. The predicted molar refractivity (Wildman–Crippen MR) is 93.6 cm³/mol. The van der Waals surface area contributed by atoms with Crippen molar-refractivity contribution in [3.63, 3.8) is 0 Å². The van der Waals surface area contributed by atoms with E-state index in [9.17, 15) is 0 Å². The van der Waals surface area contributed by atoms with Gasteiger partial charge in [-0.3, -0.25) is 0 Å². The molecule has 0 unspecified atom stereocenters. The second-order valence-corrected chi connectivity index (χ2v) is 8.14. The number of nitrogens with one attached hydrogen (secondary N) is 1. The average Bonchev–Trinajstić information content (AvgIpc) is 2.43. The maximum absolute atomic E-state index is 3.77. The second-order valence-electron chi connectivity index (χ2n) is 8.14. The summed E-state index contributed by atoms with van der Waals surface area (Å²) >= 11 is 0. The molecule has 2 rings (SSSR count). The van der Waals surface area contributed by atoms with Crippen LogP contribution in [0.1, 0.15) is 91.9 Å². The van der Waals surface area contributed by atoms with Gasteiger partial charge >= 0.3 is 0 Å². The zero-order valence-electron chi connectivity index (χ0n) is 14.9. The van der Waals surface area contributed by atoms with Crippen molar-refractivity contribution in [2.24, 2.45) is 10.8 Å². The molecule has 1 fully saturated rings. The van der Waals surface area contributed by atoms with Crippen molar-refractivity contribution in [1.82, 2.24) is 5.32 Å². The van der Waals surface area contributed by atoms with Gasteiger partial charge in [-0.2, -0.15) is 0 Å². The van der Waals surface area contributed by atoms with Crippen LogP contribution in [0.15, 0.2) is 11.6 Å². The molecule has 0 saturated heterocycles. The first-order valence-corrected chi connectivity index (χ1v) is 9.49. The third kappa shape index (κ3) is 3.92. The van der Waals surface area contributed by atoms with E-state index in [1.807, 2.05) is 5.57 Å². The van der Waals surface area contributed by atoms with Crippen LogP contribution in [-0.2, 0) is 0 Å². The van der Waals surface area contributed by atoms with E-state index in [2.05, 4.69) is 39.1 Å². The van der Waals surface area contributed by atoms with E-state index in [0.717, 1.165) is 0 Å². The van der Waals surface area contributed by atoms with Crippen molar-refractivity contribution in [1.29, 1.82) is 0 Å². The van der Waals surface area contributed by atoms with Crippen LogP contribution in [0.25, 0.3) is 0 Å². The Labute approximate surface area is 133 Å². The lowest BCUT2D eigenvalue weighted by Gasteiger charge is -2.59. The minimum Gasteiger partial charge on any atom is -0.314 e. The highest BCUT2D eigenvalue weighted by molar-refractivity contribution is 5.25. The fraction of sp³-hybridized carbons (Fsp3) is 0.900. The van der Waals surface area contributed by atoms with Gasteiger partial charge in [0.2, 0.25) is 0 Å². The molecule has 0 amide bonds. The van der Waals surface area contributed by atoms with Gasteiger partial charge in [-0.05, 0) is 56.8 Å². The Balaban J connectivity index is 2.10. The van der Waals surface area contributed by atoms with E-state index < -0.39 is 0 Å². The van der Waals surface area contributed by atoms with Gasteiger partial charge in [-0.15, -0.1) is 0 Å². The Hall–Kier alpha value is -0.300. The van der Waals surface area contributed by atoms with E-state index in [-0.39, 0.29) is 0 Å². The molecule has 0 bridgehead atoms. The fourth-order valence-corrected chi connectivity index (χ4v) is 5.11. The lowest BCUT2D eigenvalue weighted by Crippen LogP contribution is -2.53. The molecule has 0 aromatic rings. The summed E-state index contributed by atoms with van der Waals surface area (Å²) in [6.07, 6.45) is 16.6. The first-order valence-electron chi connectivity index (χ1n) is 9.49. The van der Waals surface area contributed by atoms with Crippen LogP contribution < -0.4 is 5.32 Å². The van der Waals surface area contributed by atoms with Gasteiger partial charge in [0.1, 0.15) is 0 Å². The summed E-state index contributed by atoms with van der Waals surface area (Å²) in [7, 11) is 0. The quantitative estimate of drug-likeness (QED) is 0.553. The molecular weight excluding hydrogens is 254 g/mol. The van der Waals surface area contributed by atoms with Crippen molar-refractivity contribution in [2.75, 3.05) is 6.54 Å². The largest absolute Gasteiger partial charge is 0.314 e. The summed E-state index contributed by atoms with van der Waals surface area (Å²) in [5.74, 6) is 0. The Morgan fingerprint density at radius 2 is 1.76 bits per heavy atom. The summed E-state index contributed by atoms with van der Waals surface area (Å²) in [6, 6.07) is 0.610. The normalized spacial score (nSPS) is 23.8. The van der Waals surface area contributed by atoms with E-state index >= 15 is 0 Å². The number of hydrogen-bond acceptors (Lipinski definition) is 1. The molecule has 0 heterocycles. The maximum Gasteiger partial charge on any atom is 0.00480 e. The van der Waals surface area contributed by atoms with Crippen LogP contribution in [0, 0.1) is 10.8 Å². The Bertz CT molecular complexity index is 339. The highest BCUT2D eigenvalue weighted by atomic mass is 14.9. The number of rotatable bonds is 8. The third-order valence-electron chi connectivity index (χ3n) is 5.81. The van der Waals surface area contributed by atoms with Gasteiger partial charge in [-0.1, -0.05) is 52.2 Å². The first kappa shape index (κ1) is 17.1. The SMILES string of the molecule is CCCC1(CCC)CC(CNC(C)C)(C2=CCCCC2)C1. The van der Waals surface area contributed by atoms with Crippen LogP contribution in [0.3, 0.4) is 0 Å². The minimum atomic E-state index is 0.509. The topological polar surface area (TPSA) is 12.0 Å².